The van der Waals surface area contributed by atoms with Gasteiger partial charge in [0.15, 0.2) is 0 Å². The number of benzene rings is 2. The lowest BCUT2D eigenvalue weighted by atomic mass is 10.0. The first kappa shape index (κ1) is 21.8. The summed E-state index contributed by atoms with van der Waals surface area (Å²) in [6.07, 6.45) is 1.95. The van der Waals surface area contributed by atoms with Crippen LogP contribution >= 0.6 is 0 Å². The molecule has 0 aliphatic rings. The number of unbranched alkanes of at least 4 members (excludes halogenated alkanes) is 1. The fourth-order valence-corrected chi connectivity index (χ4v) is 3.90. The van der Waals surface area contributed by atoms with Crippen LogP contribution in [-0.2, 0) is 10.0 Å². The smallest absolute Gasteiger partial charge is 0.335 e. The summed E-state index contributed by atoms with van der Waals surface area (Å²) >= 11 is 0. The van der Waals surface area contributed by atoms with Crippen LogP contribution in [0.4, 0.5) is 11.4 Å². The van der Waals surface area contributed by atoms with Gasteiger partial charge in [-0.1, -0.05) is 39.3 Å². The van der Waals surface area contributed by atoms with E-state index in [0.717, 1.165) is 24.9 Å². The van der Waals surface area contributed by atoms with Gasteiger partial charge in [0.2, 0.25) is 0 Å². The number of hydrogen-bond acceptors (Lipinski definition) is 4. The van der Waals surface area contributed by atoms with Crippen LogP contribution in [0, 0.1) is 0 Å². The molecular weight excluding hydrogens is 376 g/mol. The van der Waals surface area contributed by atoms with Gasteiger partial charge in [0, 0.05) is 13.6 Å². The van der Waals surface area contributed by atoms with E-state index in [1.807, 2.05) is 25.8 Å². The number of anilines is 2. The highest BCUT2D eigenvalue weighted by molar-refractivity contribution is 7.92. The summed E-state index contributed by atoms with van der Waals surface area (Å²) in [5.41, 5.74) is 1.97. The van der Waals surface area contributed by atoms with Crippen molar-refractivity contribution in [3.8, 4) is 0 Å². The van der Waals surface area contributed by atoms with Gasteiger partial charge in [-0.25, -0.2) is 13.2 Å². The van der Waals surface area contributed by atoms with E-state index >= 15 is 0 Å². The van der Waals surface area contributed by atoms with Gasteiger partial charge in [-0.05, 0) is 48.2 Å². The maximum Gasteiger partial charge on any atom is 0.335 e. The number of rotatable bonds is 9. The zero-order valence-corrected chi connectivity index (χ0v) is 17.6. The highest BCUT2D eigenvalue weighted by Gasteiger charge is 2.19. The Kier molecular flexibility index (Phi) is 7.07. The van der Waals surface area contributed by atoms with Crippen LogP contribution in [0.15, 0.2) is 47.4 Å². The van der Waals surface area contributed by atoms with E-state index in [9.17, 15) is 18.3 Å². The molecule has 0 radical (unpaired) electrons. The Hall–Kier alpha value is -2.54. The third-order valence-corrected chi connectivity index (χ3v) is 5.98. The number of sulfonamides is 1. The van der Waals surface area contributed by atoms with Crippen LogP contribution in [0.5, 0.6) is 0 Å². The minimum Gasteiger partial charge on any atom is -0.478 e. The molecule has 0 amide bonds. The predicted molar refractivity (Wildman–Crippen MR) is 113 cm³/mol. The summed E-state index contributed by atoms with van der Waals surface area (Å²) in [5, 5.41) is 9.29. The Morgan fingerprint density at radius 2 is 1.79 bits per heavy atom. The molecule has 0 aliphatic carbocycles. The zero-order chi connectivity index (χ0) is 20.9. The van der Waals surface area contributed by atoms with Crippen molar-refractivity contribution in [1.82, 2.24) is 0 Å². The number of carbonyl (C=O) groups is 1. The summed E-state index contributed by atoms with van der Waals surface area (Å²) in [6, 6.07) is 11.2. The summed E-state index contributed by atoms with van der Waals surface area (Å²) in [4.78, 5) is 13.4. The molecule has 2 aromatic rings. The van der Waals surface area contributed by atoms with Crippen LogP contribution in [0.25, 0.3) is 0 Å². The highest BCUT2D eigenvalue weighted by atomic mass is 32.2. The minimum absolute atomic E-state index is 0.0282. The first-order chi connectivity index (χ1) is 13.2. The van der Waals surface area contributed by atoms with E-state index in [1.165, 1.54) is 12.1 Å². The molecule has 0 saturated heterocycles. The van der Waals surface area contributed by atoms with Crippen LogP contribution in [0.3, 0.4) is 0 Å². The number of nitrogens with zero attached hydrogens (tertiary/aromatic N) is 1. The number of nitrogens with one attached hydrogen (secondary N) is 1. The number of hydrogen-bond donors (Lipinski definition) is 2. The van der Waals surface area contributed by atoms with Crippen molar-refractivity contribution in [2.75, 3.05) is 23.2 Å². The van der Waals surface area contributed by atoms with Gasteiger partial charge in [0.1, 0.15) is 0 Å². The van der Waals surface area contributed by atoms with Crippen LogP contribution < -0.4 is 9.62 Å². The number of carboxylic acid groups (broad SMARTS) is 1. The second-order valence-corrected chi connectivity index (χ2v) is 8.82. The quantitative estimate of drug-likeness (QED) is 0.640. The average Bonchev–Trinajstić information content (AvgIpc) is 2.65. The molecule has 0 fully saturated rings. The lowest BCUT2D eigenvalue weighted by Gasteiger charge is -2.23. The Labute approximate surface area is 167 Å². The van der Waals surface area contributed by atoms with Crippen molar-refractivity contribution < 1.29 is 18.3 Å². The Balaban J connectivity index is 2.40. The average molecular weight is 405 g/mol. The topological polar surface area (TPSA) is 86.7 Å². The molecule has 2 N–H and O–H groups in total. The third kappa shape index (κ3) is 5.25. The number of carboxylic acids is 1. The van der Waals surface area contributed by atoms with Crippen molar-refractivity contribution in [2.45, 2.75) is 44.4 Å². The van der Waals surface area contributed by atoms with Crippen LogP contribution in [0.1, 0.15) is 55.5 Å². The van der Waals surface area contributed by atoms with Gasteiger partial charge in [0.05, 0.1) is 21.8 Å². The predicted octanol–water partition coefficient (Wildman–Crippen LogP) is 4.55. The summed E-state index contributed by atoms with van der Waals surface area (Å²) in [6.45, 7) is 6.89. The monoisotopic (exact) mass is 404 g/mol. The maximum atomic E-state index is 12.9. The molecule has 152 valence electrons. The minimum atomic E-state index is -3.84. The van der Waals surface area contributed by atoms with E-state index < -0.39 is 16.0 Å². The molecular formula is C21H28N2O4S. The standard InChI is InChI=1S/C21H28N2O4S/c1-5-6-13-23(4)20-12-9-17(21(24)25)14-19(20)22-28(26,27)18-10-7-16(8-11-18)15(2)3/h7-12,14-15,22H,5-6,13H2,1-4H3,(H,24,25). The summed E-state index contributed by atoms with van der Waals surface area (Å²) in [5.74, 6) is -0.805. The van der Waals surface area contributed by atoms with Gasteiger partial charge in [-0.3, -0.25) is 4.72 Å². The second-order valence-electron chi connectivity index (χ2n) is 7.14. The Morgan fingerprint density at radius 1 is 1.14 bits per heavy atom. The second kappa shape index (κ2) is 9.10. The normalized spacial score (nSPS) is 11.5. The van der Waals surface area contributed by atoms with E-state index in [0.29, 0.717) is 11.6 Å². The van der Waals surface area contributed by atoms with Gasteiger partial charge in [-0.2, -0.15) is 0 Å². The van der Waals surface area contributed by atoms with E-state index in [2.05, 4.69) is 11.6 Å². The highest BCUT2D eigenvalue weighted by Crippen LogP contribution is 2.29. The summed E-state index contributed by atoms with van der Waals surface area (Å²) < 4.78 is 28.3. The molecule has 0 aliphatic heterocycles. The van der Waals surface area contributed by atoms with E-state index in [-0.39, 0.29) is 16.1 Å². The lowest BCUT2D eigenvalue weighted by Crippen LogP contribution is -2.22. The fraction of sp³-hybridized carbons (Fsp3) is 0.381. The van der Waals surface area contributed by atoms with Crippen molar-refractivity contribution in [2.24, 2.45) is 0 Å². The first-order valence-electron chi connectivity index (χ1n) is 9.37. The molecule has 2 rings (SSSR count). The molecule has 0 bridgehead atoms. The van der Waals surface area contributed by atoms with Crippen LogP contribution in [-0.4, -0.2) is 33.1 Å². The molecule has 28 heavy (non-hydrogen) atoms. The molecule has 0 heterocycles. The molecule has 0 spiro atoms. The van der Waals surface area contributed by atoms with Crippen molar-refractivity contribution in [3.63, 3.8) is 0 Å². The van der Waals surface area contributed by atoms with E-state index in [4.69, 9.17) is 0 Å². The SMILES string of the molecule is CCCCN(C)c1ccc(C(=O)O)cc1NS(=O)(=O)c1ccc(C(C)C)cc1. The van der Waals surface area contributed by atoms with E-state index in [1.54, 1.807) is 30.3 Å². The van der Waals surface area contributed by atoms with Gasteiger partial charge >= 0.3 is 5.97 Å². The van der Waals surface area contributed by atoms with Gasteiger partial charge in [0.25, 0.3) is 10.0 Å². The lowest BCUT2D eigenvalue weighted by molar-refractivity contribution is 0.0697. The summed E-state index contributed by atoms with van der Waals surface area (Å²) in [7, 11) is -1.98. The fourth-order valence-electron chi connectivity index (χ4n) is 2.83. The Morgan fingerprint density at radius 3 is 2.32 bits per heavy atom. The molecule has 0 unspecified atom stereocenters. The largest absolute Gasteiger partial charge is 0.478 e. The molecule has 0 atom stereocenters. The van der Waals surface area contributed by atoms with Crippen molar-refractivity contribution in [3.05, 3.63) is 53.6 Å². The van der Waals surface area contributed by atoms with Crippen molar-refractivity contribution in [1.29, 1.82) is 0 Å². The molecule has 0 aromatic heterocycles. The zero-order valence-electron chi connectivity index (χ0n) is 16.8. The van der Waals surface area contributed by atoms with Gasteiger partial charge < -0.3 is 10.0 Å². The maximum absolute atomic E-state index is 12.9. The third-order valence-electron chi connectivity index (χ3n) is 4.60. The molecule has 6 nitrogen and oxygen atoms in total. The first-order valence-corrected chi connectivity index (χ1v) is 10.8. The molecule has 2 aromatic carbocycles. The van der Waals surface area contributed by atoms with Gasteiger partial charge in [-0.15, -0.1) is 0 Å². The van der Waals surface area contributed by atoms with Crippen LogP contribution in [0.2, 0.25) is 0 Å². The Bertz CT molecular complexity index is 922. The van der Waals surface area contributed by atoms with Crippen molar-refractivity contribution >= 4 is 27.4 Å². The molecule has 7 heteroatoms. The number of aromatic carboxylic acids is 1. The molecule has 0 saturated carbocycles.